The minimum absolute atomic E-state index is 0.352. The van der Waals surface area contributed by atoms with Crippen LogP contribution in [0.4, 0.5) is 21.5 Å². The fourth-order valence-corrected chi connectivity index (χ4v) is 2.90. The molecule has 18 heavy (non-hydrogen) atoms. The van der Waals surface area contributed by atoms with Gasteiger partial charge in [-0.15, -0.1) is 0 Å². The van der Waals surface area contributed by atoms with Gasteiger partial charge in [0.2, 0.25) is 0 Å². The van der Waals surface area contributed by atoms with Gasteiger partial charge in [0, 0.05) is 15.0 Å². The lowest BCUT2D eigenvalue weighted by Gasteiger charge is -2.12. The van der Waals surface area contributed by atoms with Gasteiger partial charge in [-0.3, -0.25) is 0 Å². The van der Waals surface area contributed by atoms with E-state index in [0.29, 0.717) is 15.8 Å². The molecule has 0 fully saturated rings. The number of rotatable bonds is 2. The van der Waals surface area contributed by atoms with Crippen LogP contribution in [0.25, 0.3) is 0 Å². The number of anilines is 3. The normalized spacial score (nSPS) is 10.4. The number of hydrogen-bond acceptors (Lipinski definition) is 2. The molecular formula is C12H8Br3FN2. The fourth-order valence-electron chi connectivity index (χ4n) is 1.41. The van der Waals surface area contributed by atoms with Crippen LogP contribution in [0.15, 0.2) is 43.7 Å². The quantitative estimate of drug-likeness (QED) is 0.613. The van der Waals surface area contributed by atoms with Crippen molar-refractivity contribution >= 4 is 64.9 Å². The van der Waals surface area contributed by atoms with Gasteiger partial charge >= 0.3 is 0 Å². The molecule has 0 saturated carbocycles. The molecule has 2 nitrogen and oxygen atoms in total. The lowest BCUT2D eigenvalue weighted by Crippen LogP contribution is -1.98. The molecule has 0 bridgehead atoms. The Morgan fingerprint density at radius 2 is 1.67 bits per heavy atom. The standard InChI is InChI=1S/C12H8Br3FN2/c13-6-1-2-11(8(15)3-6)18-12-4-7(14)9(16)5-10(12)17/h1-5,18H,17H2. The second-order valence-corrected chi connectivity index (χ2v) is 6.23. The van der Waals surface area contributed by atoms with Crippen molar-refractivity contribution in [3.8, 4) is 0 Å². The maximum atomic E-state index is 13.3. The van der Waals surface area contributed by atoms with Crippen LogP contribution in [0.2, 0.25) is 0 Å². The highest BCUT2D eigenvalue weighted by Gasteiger charge is 2.08. The van der Waals surface area contributed by atoms with Gasteiger partial charge in [0.15, 0.2) is 0 Å². The molecule has 0 spiro atoms. The molecule has 2 aromatic carbocycles. The van der Waals surface area contributed by atoms with Gasteiger partial charge in [0.25, 0.3) is 0 Å². The van der Waals surface area contributed by atoms with Gasteiger partial charge < -0.3 is 11.1 Å². The zero-order valence-electron chi connectivity index (χ0n) is 8.98. The molecule has 0 radical (unpaired) electrons. The van der Waals surface area contributed by atoms with Crippen molar-refractivity contribution in [2.24, 2.45) is 0 Å². The summed E-state index contributed by atoms with van der Waals surface area (Å²) in [5.41, 5.74) is 7.62. The van der Waals surface area contributed by atoms with Crippen molar-refractivity contribution in [2.75, 3.05) is 11.1 Å². The number of nitrogens with one attached hydrogen (secondary N) is 1. The lowest BCUT2D eigenvalue weighted by molar-refractivity contribution is 0.622. The van der Waals surface area contributed by atoms with E-state index >= 15 is 0 Å². The minimum Gasteiger partial charge on any atom is -0.397 e. The number of nitrogen functional groups attached to an aromatic ring is 1. The Balaban J connectivity index is 2.37. The predicted octanol–water partition coefficient (Wildman–Crippen LogP) is 5.44. The molecule has 0 aliphatic carbocycles. The van der Waals surface area contributed by atoms with Crippen LogP contribution < -0.4 is 11.1 Å². The molecule has 2 rings (SSSR count). The third-order valence-electron chi connectivity index (χ3n) is 2.29. The SMILES string of the molecule is Nc1cc(F)c(Br)cc1Nc1ccc(Br)cc1Br. The third kappa shape index (κ3) is 3.05. The molecule has 0 aliphatic rings. The highest BCUT2D eigenvalue weighted by Crippen LogP contribution is 2.33. The summed E-state index contributed by atoms with van der Waals surface area (Å²) in [7, 11) is 0. The molecule has 0 amide bonds. The summed E-state index contributed by atoms with van der Waals surface area (Å²) in [5, 5.41) is 3.15. The Labute approximate surface area is 129 Å². The smallest absolute Gasteiger partial charge is 0.139 e. The second kappa shape index (κ2) is 5.59. The summed E-state index contributed by atoms with van der Waals surface area (Å²) < 4.78 is 15.5. The van der Waals surface area contributed by atoms with Crippen LogP contribution in [0, 0.1) is 5.82 Å². The first-order valence-electron chi connectivity index (χ1n) is 4.94. The first kappa shape index (κ1) is 13.8. The zero-order chi connectivity index (χ0) is 13.3. The van der Waals surface area contributed by atoms with Crippen LogP contribution in [-0.2, 0) is 0 Å². The topological polar surface area (TPSA) is 38.0 Å². The Kier molecular flexibility index (Phi) is 4.29. The zero-order valence-corrected chi connectivity index (χ0v) is 13.7. The highest BCUT2D eigenvalue weighted by atomic mass is 79.9. The Morgan fingerprint density at radius 3 is 2.33 bits per heavy atom. The maximum absolute atomic E-state index is 13.3. The van der Waals surface area contributed by atoms with Crippen molar-refractivity contribution < 1.29 is 4.39 Å². The van der Waals surface area contributed by atoms with E-state index < -0.39 is 0 Å². The summed E-state index contributed by atoms with van der Waals surface area (Å²) in [6.07, 6.45) is 0. The van der Waals surface area contributed by atoms with Crippen molar-refractivity contribution in [1.29, 1.82) is 0 Å². The van der Waals surface area contributed by atoms with Crippen LogP contribution in [0.5, 0.6) is 0 Å². The van der Waals surface area contributed by atoms with Crippen molar-refractivity contribution in [3.63, 3.8) is 0 Å². The Morgan fingerprint density at radius 1 is 0.944 bits per heavy atom. The van der Waals surface area contributed by atoms with E-state index in [1.807, 2.05) is 18.2 Å². The second-order valence-electron chi connectivity index (χ2n) is 3.60. The Hall–Kier alpha value is -0.590. The van der Waals surface area contributed by atoms with Crippen molar-refractivity contribution in [1.82, 2.24) is 0 Å². The average Bonchev–Trinajstić information content (AvgIpc) is 2.29. The van der Waals surface area contributed by atoms with Gasteiger partial charge in [-0.05, 0) is 56.1 Å². The van der Waals surface area contributed by atoms with Gasteiger partial charge in [-0.25, -0.2) is 4.39 Å². The molecule has 0 aromatic heterocycles. The Bertz CT molecular complexity index is 602. The summed E-state index contributed by atoms with van der Waals surface area (Å²) in [4.78, 5) is 0. The molecule has 0 heterocycles. The number of hydrogen-bond donors (Lipinski definition) is 2. The van der Waals surface area contributed by atoms with Gasteiger partial charge in [-0.1, -0.05) is 15.9 Å². The molecule has 0 saturated heterocycles. The molecule has 3 N–H and O–H groups in total. The van der Waals surface area contributed by atoms with Crippen molar-refractivity contribution in [2.45, 2.75) is 0 Å². The summed E-state index contributed by atoms with van der Waals surface area (Å²) in [6.45, 7) is 0. The first-order chi connectivity index (χ1) is 8.47. The van der Waals surface area contributed by atoms with Gasteiger partial charge in [0.1, 0.15) is 5.82 Å². The van der Waals surface area contributed by atoms with E-state index in [1.54, 1.807) is 6.07 Å². The molecule has 2 aromatic rings. The maximum Gasteiger partial charge on any atom is 0.139 e. The van der Waals surface area contributed by atoms with Gasteiger partial charge in [-0.2, -0.15) is 0 Å². The lowest BCUT2D eigenvalue weighted by atomic mass is 10.2. The highest BCUT2D eigenvalue weighted by molar-refractivity contribution is 9.11. The third-order valence-corrected chi connectivity index (χ3v) is 4.05. The first-order valence-corrected chi connectivity index (χ1v) is 7.32. The van der Waals surface area contributed by atoms with E-state index in [4.69, 9.17) is 5.73 Å². The number of halogens is 4. The molecule has 6 heteroatoms. The van der Waals surface area contributed by atoms with E-state index in [0.717, 1.165) is 14.6 Å². The average molecular weight is 439 g/mol. The fraction of sp³-hybridized carbons (Fsp3) is 0. The summed E-state index contributed by atoms with van der Waals surface area (Å²) >= 11 is 9.95. The molecule has 0 aliphatic heterocycles. The molecule has 94 valence electrons. The number of benzene rings is 2. The molecule has 0 atom stereocenters. The number of nitrogens with two attached hydrogens (primary N) is 1. The molecule has 0 unspecified atom stereocenters. The predicted molar refractivity (Wildman–Crippen MR) is 83.6 cm³/mol. The van der Waals surface area contributed by atoms with E-state index in [9.17, 15) is 4.39 Å². The summed E-state index contributed by atoms with van der Waals surface area (Å²) in [5.74, 6) is -0.382. The van der Waals surface area contributed by atoms with Gasteiger partial charge in [0.05, 0.1) is 21.5 Å². The van der Waals surface area contributed by atoms with E-state index in [2.05, 4.69) is 53.1 Å². The van der Waals surface area contributed by atoms with Crippen LogP contribution in [0.3, 0.4) is 0 Å². The summed E-state index contributed by atoms with van der Waals surface area (Å²) in [6, 6.07) is 8.60. The van der Waals surface area contributed by atoms with Crippen LogP contribution >= 0.6 is 47.8 Å². The monoisotopic (exact) mass is 436 g/mol. The molecular weight excluding hydrogens is 431 g/mol. The van der Waals surface area contributed by atoms with E-state index in [1.165, 1.54) is 6.07 Å². The van der Waals surface area contributed by atoms with Crippen LogP contribution in [0.1, 0.15) is 0 Å². The van der Waals surface area contributed by atoms with Crippen molar-refractivity contribution in [3.05, 3.63) is 49.6 Å². The largest absolute Gasteiger partial charge is 0.397 e. The minimum atomic E-state index is -0.382. The van der Waals surface area contributed by atoms with Crippen LogP contribution in [-0.4, -0.2) is 0 Å². The van der Waals surface area contributed by atoms with E-state index in [-0.39, 0.29) is 5.82 Å².